The molecule has 1 aliphatic rings. The summed E-state index contributed by atoms with van der Waals surface area (Å²) in [5, 5.41) is 0. The van der Waals surface area contributed by atoms with Gasteiger partial charge < -0.3 is 15.0 Å². The Morgan fingerprint density at radius 3 is 2.94 bits per heavy atom. The Labute approximate surface area is 108 Å². The minimum atomic E-state index is 0.0294. The van der Waals surface area contributed by atoms with Gasteiger partial charge in [0.1, 0.15) is 0 Å². The Kier molecular flexibility index (Phi) is 4.96. The van der Waals surface area contributed by atoms with Gasteiger partial charge in [0.05, 0.1) is 6.61 Å². The molecule has 1 aromatic rings. The van der Waals surface area contributed by atoms with Gasteiger partial charge in [0.25, 0.3) is 5.56 Å². The molecule has 2 rings (SSSR count). The fourth-order valence-electron chi connectivity index (χ4n) is 2.69. The van der Waals surface area contributed by atoms with Gasteiger partial charge in [-0.25, -0.2) is 0 Å². The number of rotatable bonds is 6. The summed E-state index contributed by atoms with van der Waals surface area (Å²) in [6.45, 7) is 2.77. The van der Waals surface area contributed by atoms with E-state index in [0.717, 1.165) is 13.2 Å². The maximum atomic E-state index is 11.5. The van der Waals surface area contributed by atoms with Crippen LogP contribution in [0, 0.1) is 11.8 Å². The summed E-state index contributed by atoms with van der Waals surface area (Å²) in [7, 11) is 0. The van der Waals surface area contributed by atoms with Gasteiger partial charge in [-0.1, -0.05) is 12.5 Å². The van der Waals surface area contributed by atoms with Crippen molar-refractivity contribution in [3.05, 3.63) is 34.7 Å². The minimum absolute atomic E-state index is 0.0294. The lowest BCUT2D eigenvalue weighted by atomic mass is 9.97. The first kappa shape index (κ1) is 13.3. The van der Waals surface area contributed by atoms with E-state index in [9.17, 15) is 4.79 Å². The molecule has 0 aliphatic heterocycles. The molecule has 1 aliphatic carbocycles. The molecule has 4 nitrogen and oxygen atoms in total. The van der Waals surface area contributed by atoms with Crippen molar-refractivity contribution < 1.29 is 4.74 Å². The van der Waals surface area contributed by atoms with Gasteiger partial charge in [-0.2, -0.15) is 0 Å². The fourth-order valence-corrected chi connectivity index (χ4v) is 2.69. The molecule has 0 saturated heterocycles. The molecule has 0 bridgehead atoms. The summed E-state index contributed by atoms with van der Waals surface area (Å²) in [6.07, 6.45) is 5.54. The standard InChI is InChI=1S/C14H22N2O2/c15-10-12-4-3-5-13(12)11-18-9-8-16-7-2-1-6-14(16)17/h1-2,6-7,12-13H,3-5,8-11,15H2. The number of nitrogens with two attached hydrogens (primary N) is 1. The fraction of sp³-hybridized carbons (Fsp3) is 0.643. The lowest BCUT2D eigenvalue weighted by Crippen LogP contribution is -2.24. The van der Waals surface area contributed by atoms with Gasteiger partial charge in [-0.05, 0) is 37.3 Å². The molecule has 0 amide bonds. The van der Waals surface area contributed by atoms with Crippen LogP contribution in [0.25, 0.3) is 0 Å². The molecule has 0 radical (unpaired) electrons. The molecule has 4 heteroatoms. The van der Waals surface area contributed by atoms with E-state index in [1.54, 1.807) is 22.9 Å². The van der Waals surface area contributed by atoms with Crippen molar-refractivity contribution in [2.24, 2.45) is 17.6 Å². The van der Waals surface area contributed by atoms with Gasteiger partial charge in [0.15, 0.2) is 0 Å². The van der Waals surface area contributed by atoms with Crippen LogP contribution in [-0.4, -0.2) is 24.3 Å². The maximum absolute atomic E-state index is 11.5. The predicted octanol–water partition coefficient (Wildman–Crippen LogP) is 1.24. The lowest BCUT2D eigenvalue weighted by molar-refractivity contribution is 0.0809. The molecule has 0 aromatic carbocycles. The van der Waals surface area contributed by atoms with E-state index in [-0.39, 0.29) is 5.56 Å². The largest absolute Gasteiger partial charge is 0.379 e. The van der Waals surface area contributed by atoms with Crippen LogP contribution in [0.1, 0.15) is 19.3 Å². The van der Waals surface area contributed by atoms with E-state index in [1.807, 2.05) is 6.07 Å². The Balaban J connectivity index is 1.70. The molecule has 0 spiro atoms. The first-order valence-electron chi connectivity index (χ1n) is 6.74. The van der Waals surface area contributed by atoms with E-state index in [0.29, 0.717) is 25.0 Å². The van der Waals surface area contributed by atoms with Crippen LogP contribution < -0.4 is 11.3 Å². The average molecular weight is 250 g/mol. The summed E-state index contributed by atoms with van der Waals surface area (Å²) in [5.74, 6) is 1.24. The zero-order valence-electron chi connectivity index (χ0n) is 10.8. The molecule has 1 heterocycles. The third-order valence-corrected chi connectivity index (χ3v) is 3.83. The van der Waals surface area contributed by atoms with E-state index in [1.165, 1.54) is 19.3 Å². The molecule has 1 aromatic heterocycles. The van der Waals surface area contributed by atoms with Crippen molar-refractivity contribution in [3.8, 4) is 0 Å². The van der Waals surface area contributed by atoms with E-state index in [2.05, 4.69) is 0 Å². The topological polar surface area (TPSA) is 57.2 Å². The molecular weight excluding hydrogens is 228 g/mol. The molecule has 2 unspecified atom stereocenters. The summed E-state index contributed by atoms with van der Waals surface area (Å²) >= 11 is 0. The van der Waals surface area contributed by atoms with Gasteiger partial charge >= 0.3 is 0 Å². The quantitative estimate of drug-likeness (QED) is 0.773. The van der Waals surface area contributed by atoms with E-state index in [4.69, 9.17) is 10.5 Å². The van der Waals surface area contributed by atoms with Crippen molar-refractivity contribution in [2.75, 3.05) is 19.8 Å². The van der Waals surface area contributed by atoms with Crippen LogP contribution in [0.15, 0.2) is 29.2 Å². The Morgan fingerprint density at radius 1 is 1.33 bits per heavy atom. The van der Waals surface area contributed by atoms with Gasteiger partial charge in [0.2, 0.25) is 0 Å². The summed E-state index contributed by atoms with van der Waals surface area (Å²) in [5.41, 5.74) is 5.77. The van der Waals surface area contributed by atoms with Gasteiger partial charge in [-0.15, -0.1) is 0 Å². The van der Waals surface area contributed by atoms with Crippen molar-refractivity contribution in [1.29, 1.82) is 0 Å². The van der Waals surface area contributed by atoms with E-state index < -0.39 is 0 Å². The van der Waals surface area contributed by atoms with Gasteiger partial charge in [0, 0.05) is 25.4 Å². The van der Waals surface area contributed by atoms with Crippen molar-refractivity contribution in [3.63, 3.8) is 0 Å². The first-order chi connectivity index (χ1) is 8.81. The SMILES string of the molecule is NCC1CCCC1COCCn1ccccc1=O. The van der Waals surface area contributed by atoms with E-state index >= 15 is 0 Å². The number of hydrogen-bond acceptors (Lipinski definition) is 3. The highest BCUT2D eigenvalue weighted by Gasteiger charge is 2.25. The lowest BCUT2D eigenvalue weighted by Gasteiger charge is -2.17. The van der Waals surface area contributed by atoms with Crippen LogP contribution in [0.2, 0.25) is 0 Å². The minimum Gasteiger partial charge on any atom is -0.379 e. The van der Waals surface area contributed by atoms with Crippen molar-refractivity contribution >= 4 is 0 Å². The number of aromatic nitrogens is 1. The highest BCUT2D eigenvalue weighted by molar-refractivity contribution is 4.92. The monoisotopic (exact) mass is 250 g/mol. The summed E-state index contributed by atoms with van der Waals surface area (Å²) in [6, 6.07) is 5.19. The van der Waals surface area contributed by atoms with Crippen molar-refractivity contribution in [1.82, 2.24) is 4.57 Å². The number of pyridine rings is 1. The number of hydrogen-bond donors (Lipinski definition) is 1. The first-order valence-corrected chi connectivity index (χ1v) is 6.74. The van der Waals surface area contributed by atoms with Crippen LogP contribution in [-0.2, 0) is 11.3 Å². The highest BCUT2D eigenvalue weighted by Crippen LogP contribution is 2.30. The Hall–Kier alpha value is -1.13. The second kappa shape index (κ2) is 6.71. The number of nitrogens with zero attached hydrogens (tertiary/aromatic N) is 1. The molecule has 18 heavy (non-hydrogen) atoms. The molecule has 1 saturated carbocycles. The van der Waals surface area contributed by atoms with Crippen LogP contribution in [0.5, 0.6) is 0 Å². The molecule has 2 N–H and O–H groups in total. The second-order valence-electron chi connectivity index (χ2n) is 4.99. The highest BCUT2D eigenvalue weighted by atomic mass is 16.5. The molecular formula is C14H22N2O2. The summed E-state index contributed by atoms with van der Waals surface area (Å²) in [4.78, 5) is 11.5. The third-order valence-electron chi connectivity index (χ3n) is 3.83. The summed E-state index contributed by atoms with van der Waals surface area (Å²) < 4.78 is 7.37. The zero-order valence-corrected chi connectivity index (χ0v) is 10.8. The Morgan fingerprint density at radius 2 is 2.17 bits per heavy atom. The number of ether oxygens (including phenoxy) is 1. The smallest absolute Gasteiger partial charge is 0.250 e. The van der Waals surface area contributed by atoms with Gasteiger partial charge in [-0.3, -0.25) is 4.79 Å². The van der Waals surface area contributed by atoms with Crippen LogP contribution >= 0.6 is 0 Å². The average Bonchev–Trinajstić information content (AvgIpc) is 2.84. The molecule has 100 valence electrons. The molecule has 2 atom stereocenters. The van der Waals surface area contributed by atoms with Crippen LogP contribution in [0.3, 0.4) is 0 Å². The zero-order chi connectivity index (χ0) is 12.8. The predicted molar refractivity (Wildman–Crippen MR) is 71.4 cm³/mol. The van der Waals surface area contributed by atoms with Crippen molar-refractivity contribution in [2.45, 2.75) is 25.8 Å². The third kappa shape index (κ3) is 3.43. The Bertz CT molecular complexity index is 416. The van der Waals surface area contributed by atoms with Crippen LogP contribution in [0.4, 0.5) is 0 Å². The normalized spacial score (nSPS) is 23.4. The second-order valence-corrected chi connectivity index (χ2v) is 4.99. The molecule has 1 fully saturated rings. The maximum Gasteiger partial charge on any atom is 0.250 e.